The number of ether oxygens (including phenoxy) is 2. The van der Waals surface area contributed by atoms with Crippen LogP contribution in [-0.2, 0) is 20.7 Å². The zero-order chi connectivity index (χ0) is 17.4. The molecule has 1 aromatic rings. The van der Waals surface area contributed by atoms with Crippen molar-refractivity contribution in [3.05, 3.63) is 29.8 Å². The van der Waals surface area contributed by atoms with Gasteiger partial charge in [0.25, 0.3) is 0 Å². The van der Waals surface area contributed by atoms with Gasteiger partial charge in [0.2, 0.25) is 0 Å². The van der Waals surface area contributed by atoms with Crippen molar-refractivity contribution in [2.75, 3.05) is 13.7 Å². The van der Waals surface area contributed by atoms with Crippen molar-refractivity contribution in [2.24, 2.45) is 23.2 Å². The Bertz CT molecular complexity index is 626. The van der Waals surface area contributed by atoms with Crippen molar-refractivity contribution in [2.45, 2.75) is 44.9 Å². The molecular formula is C21H26O4. The summed E-state index contributed by atoms with van der Waals surface area (Å²) in [7, 11) is 1.38. The van der Waals surface area contributed by atoms with Crippen LogP contribution in [0.4, 0.5) is 0 Å². The van der Waals surface area contributed by atoms with Crippen LogP contribution in [0.15, 0.2) is 24.3 Å². The van der Waals surface area contributed by atoms with Crippen LogP contribution in [0.1, 0.15) is 44.1 Å². The maximum atomic E-state index is 12.9. The van der Waals surface area contributed by atoms with E-state index in [1.807, 2.05) is 24.3 Å². The Kier molecular flexibility index (Phi) is 4.30. The van der Waals surface area contributed by atoms with Gasteiger partial charge in [-0.15, -0.1) is 0 Å². The predicted molar refractivity (Wildman–Crippen MR) is 93.3 cm³/mol. The number of methoxy groups -OCH3 is 1. The van der Waals surface area contributed by atoms with Crippen molar-refractivity contribution >= 4 is 11.8 Å². The largest absolute Gasteiger partial charge is 0.486 e. The minimum Gasteiger partial charge on any atom is -0.486 e. The van der Waals surface area contributed by atoms with E-state index in [1.54, 1.807) is 0 Å². The molecule has 25 heavy (non-hydrogen) atoms. The molecule has 0 atom stereocenters. The third-order valence-electron chi connectivity index (χ3n) is 6.50. The van der Waals surface area contributed by atoms with Gasteiger partial charge < -0.3 is 9.47 Å². The van der Waals surface area contributed by atoms with Gasteiger partial charge in [-0.2, -0.15) is 0 Å². The highest BCUT2D eigenvalue weighted by Gasteiger charge is 2.54. The lowest BCUT2D eigenvalue weighted by Gasteiger charge is -2.55. The van der Waals surface area contributed by atoms with Gasteiger partial charge in [-0.1, -0.05) is 12.1 Å². The van der Waals surface area contributed by atoms with Crippen LogP contribution in [0.5, 0.6) is 5.75 Å². The molecule has 0 aromatic heterocycles. The van der Waals surface area contributed by atoms with E-state index >= 15 is 0 Å². The molecule has 134 valence electrons. The highest BCUT2D eigenvalue weighted by Crippen LogP contribution is 2.60. The average Bonchev–Trinajstić information content (AvgIpc) is 2.59. The fourth-order valence-corrected chi connectivity index (χ4v) is 5.70. The summed E-state index contributed by atoms with van der Waals surface area (Å²) >= 11 is 0. The van der Waals surface area contributed by atoms with Crippen LogP contribution < -0.4 is 4.74 Å². The van der Waals surface area contributed by atoms with Crippen LogP contribution in [-0.4, -0.2) is 25.5 Å². The van der Waals surface area contributed by atoms with E-state index in [0.717, 1.165) is 42.6 Å². The van der Waals surface area contributed by atoms with Gasteiger partial charge in [-0.3, -0.25) is 9.59 Å². The molecule has 0 spiro atoms. The molecule has 0 saturated heterocycles. The third kappa shape index (κ3) is 3.31. The summed E-state index contributed by atoms with van der Waals surface area (Å²) in [5.41, 5.74) is 0.783. The summed E-state index contributed by atoms with van der Waals surface area (Å²) in [6, 6.07) is 7.35. The Balaban J connectivity index is 1.35. The van der Waals surface area contributed by atoms with Gasteiger partial charge in [-0.25, -0.2) is 0 Å². The molecule has 4 aliphatic rings. The molecule has 0 N–H and O–H groups in total. The molecule has 4 nitrogen and oxygen atoms in total. The highest BCUT2D eigenvalue weighted by molar-refractivity contribution is 5.86. The number of benzene rings is 1. The first-order valence-corrected chi connectivity index (χ1v) is 9.38. The average molecular weight is 342 g/mol. The molecular weight excluding hydrogens is 316 g/mol. The van der Waals surface area contributed by atoms with Crippen molar-refractivity contribution in [1.82, 2.24) is 0 Å². The summed E-state index contributed by atoms with van der Waals surface area (Å²) in [6.45, 7) is 0.169. The zero-order valence-electron chi connectivity index (χ0n) is 14.8. The number of hydrogen-bond donors (Lipinski definition) is 0. The standard InChI is InChI=1S/C21H26O4/c1-24-20(23)9-14-2-4-18(5-3-14)25-13-19(22)21-10-15-6-16(11-21)8-17(7-15)12-21/h2-5,15-17H,6-13H2,1H3. The zero-order valence-corrected chi connectivity index (χ0v) is 14.8. The van der Waals surface area contributed by atoms with Gasteiger partial charge in [0.15, 0.2) is 5.78 Å². The van der Waals surface area contributed by atoms with Gasteiger partial charge in [0.1, 0.15) is 12.4 Å². The SMILES string of the molecule is COC(=O)Cc1ccc(OCC(=O)C23CC4CC(CC(C4)C2)C3)cc1. The Morgan fingerprint density at radius 3 is 2.08 bits per heavy atom. The highest BCUT2D eigenvalue weighted by atomic mass is 16.5. The summed E-state index contributed by atoms with van der Waals surface area (Å²) in [4.78, 5) is 24.2. The van der Waals surface area contributed by atoms with Crippen molar-refractivity contribution in [3.8, 4) is 5.75 Å². The molecule has 0 unspecified atom stereocenters. The van der Waals surface area contributed by atoms with E-state index in [1.165, 1.54) is 26.4 Å². The van der Waals surface area contributed by atoms with E-state index < -0.39 is 0 Å². The third-order valence-corrected chi connectivity index (χ3v) is 6.50. The van der Waals surface area contributed by atoms with E-state index in [2.05, 4.69) is 4.74 Å². The molecule has 1 aromatic carbocycles. The van der Waals surface area contributed by atoms with Crippen molar-refractivity contribution < 1.29 is 19.1 Å². The second-order valence-corrected chi connectivity index (χ2v) is 8.31. The number of carbonyl (C=O) groups is 2. The van der Waals surface area contributed by atoms with E-state index in [4.69, 9.17) is 4.74 Å². The number of esters is 1. The van der Waals surface area contributed by atoms with Crippen LogP contribution in [0.2, 0.25) is 0 Å². The molecule has 0 heterocycles. The summed E-state index contributed by atoms with van der Waals surface area (Å²) in [6.07, 6.45) is 7.53. The monoisotopic (exact) mass is 342 g/mol. The minimum absolute atomic E-state index is 0.0976. The molecule has 4 saturated carbocycles. The van der Waals surface area contributed by atoms with Gasteiger partial charge >= 0.3 is 5.97 Å². The second-order valence-electron chi connectivity index (χ2n) is 8.31. The molecule has 5 rings (SSSR count). The first-order valence-electron chi connectivity index (χ1n) is 9.38. The maximum Gasteiger partial charge on any atom is 0.309 e. The van der Waals surface area contributed by atoms with Crippen LogP contribution in [0.3, 0.4) is 0 Å². The normalized spacial score (nSPS) is 32.4. The number of Topliss-reactive ketones (excluding diaryl/α,β-unsaturated/α-hetero) is 1. The number of rotatable bonds is 6. The van der Waals surface area contributed by atoms with E-state index in [0.29, 0.717) is 11.5 Å². The smallest absolute Gasteiger partial charge is 0.309 e. The lowest BCUT2D eigenvalue weighted by Crippen LogP contribution is -2.51. The topological polar surface area (TPSA) is 52.6 Å². The lowest BCUT2D eigenvalue weighted by molar-refractivity contribution is -0.146. The number of hydrogen-bond acceptors (Lipinski definition) is 4. The molecule has 0 amide bonds. The molecule has 4 bridgehead atoms. The maximum absolute atomic E-state index is 12.9. The lowest BCUT2D eigenvalue weighted by atomic mass is 9.48. The first kappa shape index (κ1) is 16.6. The summed E-state index contributed by atoms with van der Waals surface area (Å²) < 4.78 is 10.4. The van der Waals surface area contributed by atoms with Crippen LogP contribution >= 0.6 is 0 Å². The number of carbonyl (C=O) groups excluding carboxylic acids is 2. The van der Waals surface area contributed by atoms with Crippen LogP contribution in [0, 0.1) is 23.2 Å². The van der Waals surface area contributed by atoms with Gasteiger partial charge in [0.05, 0.1) is 13.5 Å². The first-order chi connectivity index (χ1) is 12.1. The van der Waals surface area contributed by atoms with E-state index in [9.17, 15) is 9.59 Å². The van der Waals surface area contributed by atoms with Crippen molar-refractivity contribution in [3.63, 3.8) is 0 Å². The van der Waals surface area contributed by atoms with Gasteiger partial charge in [-0.05, 0) is 74.0 Å². The minimum atomic E-state index is -0.259. The molecule has 4 fully saturated rings. The van der Waals surface area contributed by atoms with Crippen LogP contribution in [0.25, 0.3) is 0 Å². The Labute approximate surface area is 148 Å². The second kappa shape index (κ2) is 6.47. The summed E-state index contributed by atoms with van der Waals surface area (Å²) in [5, 5.41) is 0. The van der Waals surface area contributed by atoms with E-state index in [-0.39, 0.29) is 24.4 Å². The Morgan fingerprint density at radius 2 is 1.56 bits per heavy atom. The quantitative estimate of drug-likeness (QED) is 0.742. The molecule has 4 heteroatoms. The predicted octanol–water partition coefficient (Wildman–Crippen LogP) is 3.57. The number of ketones is 1. The Morgan fingerprint density at radius 1 is 1.00 bits per heavy atom. The van der Waals surface area contributed by atoms with Gasteiger partial charge in [0, 0.05) is 5.41 Å². The fourth-order valence-electron chi connectivity index (χ4n) is 5.70. The molecule has 4 aliphatic carbocycles. The molecule has 0 radical (unpaired) electrons. The Hall–Kier alpha value is -1.84. The summed E-state index contributed by atoms with van der Waals surface area (Å²) in [5.74, 6) is 3.04. The fraction of sp³-hybridized carbons (Fsp3) is 0.619. The molecule has 0 aliphatic heterocycles. The van der Waals surface area contributed by atoms with Crippen molar-refractivity contribution in [1.29, 1.82) is 0 Å².